The van der Waals surface area contributed by atoms with Gasteiger partial charge in [-0.1, -0.05) is 39.8 Å². The first-order chi connectivity index (χ1) is 9.95. The van der Waals surface area contributed by atoms with E-state index in [4.69, 9.17) is 0 Å². The summed E-state index contributed by atoms with van der Waals surface area (Å²) in [4.78, 5) is 8.62. The van der Waals surface area contributed by atoms with E-state index in [1.54, 1.807) is 6.33 Å². The lowest BCUT2D eigenvalue weighted by Gasteiger charge is -2.19. The molecule has 0 unspecified atom stereocenters. The maximum absolute atomic E-state index is 4.36. The molecule has 112 valence electrons. The molecule has 4 heteroatoms. The van der Waals surface area contributed by atoms with Gasteiger partial charge in [0.05, 0.1) is 0 Å². The van der Waals surface area contributed by atoms with Gasteiger partial charge in [0.25, 0.3) is 0 Å². The second-order valence-electron chi connectivity index (χ2n) is 6.11. The monoisotopic (exact) mass is 284 g/mol. The zero-order chi connectivity index (χ0) is 15.5. The molecule has 0 radical (unpaired) electrons. The van der Waals surface area contributed by atoms with Crippen molar-refractivity contribution < 1.29 is 0 Å². The predicted octanol–water partition coefficient (Wildman–Crippen LogP) is 4.12. The number of anilines is 3. The molecule has 0 saturated carbocycles. The van der Waals surface area contributed by atoms with E-state index in [0.717, 1.165) is 29.3 Å². The van der Waals surface area contributed by atoms with E-state index < -0.39 is 0 Å². The van der Waals surface area contributed by atoms with Crippen molar-refractivity contribution in [3.8, 4) is 0 Å². The summed E-state index contributed by atoms with van der Waals surface area (Å²) in [6.45, 7) is 8.75. The van der Waals surface area contributed by atoms with Crippen LogP contribution in [0.1, 0.15) is 38.8 Å². The lowest BCUT2D eigenvalue weighted by Crippen LogP contribution is -2.10. The number of nitrogens with one attached hydrogen (secondary N) is 2. The first-order valence-electron chi connectivity index (χ1n) is 7.35. The summed E-state index contributed by atoms with van der Waals surface area (Å²) in [5, 5.41) is 6.50. The second-order valence-corrected chi connectivity index (χ2v) is 6.11. The Morgan fingerprint density at radius 3 is 2.14 bits per heavy atom. The van der Waals surface area contributed by atoms with Gasteiger partial charge < -0.3 is 10.6 Å². The summed E-state index contributed by atoms with van der Waals surface area (Å²) in [5.41, 5.74) is 3.63. The van der Waals surface area contributed by atoms with Gasteiger partial charge in [0.2, 0.25) is 0 Å². The highest BCUT2D eigenvalue weighted by atomic mass is 15.1. The Kier molecular flexibility index (Phi) is 4.46. The van der Waals surface area contributed by atoms with E-state index >= 15 is 0 Å². The highest BCUT2D eigenvalue weighted by Crippen LogP contribution is 2.26. The van der Waals surface area contributed by atoms with Crippen LogP contribution in [-0.2, 0) is 11.8 Å². The van der Waals surface area contributed by atoms with E-state index in [1.165, 1.54) is 5.56 Å². The smallest absolute Gasteiger partial charge is 0.139 e. The van der Waals surface area contributed by atoms with Gasteiger partial charge in [0.1, 0.15) is 18.0 Å². The van der Waals surface area contributed by atoms with Crippen LogP contribution >= 0.6 is 0 Å². The molecule has 0 atom stereocenters. The number of hydrogen-bond acceptors (Lipinski definition) is 4. The normalized spacial score (nSPS) is 11.3. The highest BCUT2D eigenvalue weighted by Gasteiger charge is 2.13. The van der Waals surface area contributed by atoms with Crippen LogP contribution in [0.5, 0.6) is 0 Å². The summed E-state index contributed by atoms with van der Waals surface area (Å²) in [6, 6.07) is 8.52. The lowest BCUT2D eigenvalue weighted by molar-refractivity contribution is 0.590. The lowest BCUT2D eigenvalue weighted by atomic mass is 9.87. The van der Waals surface area contributed by atoms with E-state index in [0.29, 0.717) is 0 Å². The second kappa shape index (κ2) is 6.12. The Hall–Kier alpha value is -2.10. The van der Waals surface area contributed by atoms with E-state index in [9.17, 15) is 0 Å². The van der Waals surface area contributed by atoms with Gasteiger partial charge in [-0.15, -0.1) is 0 Å². The number of aromatic nitrogens is 2. The largest absolute Gasteiger partial charge is 0.373 e. The Morgan fingerprint density at radius 2 is 1.62 bits per heavy atom. The van der Waals surface area contributed by atoms with Crippen molar-refractivity contribution in [1.82, 2.24) is 9.97 Å². The number of benzene rings is 1. The zero-order valence-corrected chi connectivity index (χ0v) is 13.5. The average Bonchev–Trinajstić information content (AvgIpc) is 2.46. The topological polar surface area (TPSA) is 49.8 Å². The molecule has 0 amide bonds. The van der Waals surface area contributed by atoms with Crippen molar-refractivity contribution >= 4 is 17.3 Å². The van der Waals surface area contributed by atoms with Crippen LogP contribution in [0.25, 0.3) is 0 Å². The van der Waals surface area contributed by atoms with E-state index in [-0.39, 0.29) is 5.41 Å². The molecule has 1 aromatic carbocycles. The first kappa shape index (κ1) is 15.3. The molecule has 4 nitrogen and oxygen atoms in total. The molecule has 0 aliphatic rings. The summed E-state index contributed by atoms with van der Waals surface area (Å²) in [5.74, 6) is 1.74. The Morgan fingerprint density at radius 1 is 1.00 bits per heavy atom. The fraction of sp³-hybridized carbons (Fsp3) is 0.412. The fourth-order valence-electron chi connectivity index (χ4n) is 2.26. The van der Waals surface area contributed by atoms with Gasteiger partial charge in [-0.25, -0.2) is 9.97 Å². The molecule has 21 heavy (non-hydrogen) atoms. The Balaban J connectivity index is 2.26. The van der Waals surface area contributed by atoms with Crippen LogP contribution in [0.4, 0.5) is 17.3 Å². The SMILES string of the molecule is CCc1c(NC)ncnc1Nc1ccc(C(C)(C)C)cc1. The molecule has 2 rings (SSSR count). The van der Waals surface area contributed by atoms with Crippen LogP contribution in [0.15, 0.2) is 30.6 Å². The summed E-state index contributed by atoms with van der Waals surface area (Å²) >= 11 is 0. The van der Waals surface area contributed by atoms with E-state index in [2.05, 4.69) is 72.6 Å². The van der Waals surface area contributed by atoms with Crippen LogP contribution in [0, 0.1) is 0 Å². The molecule has 0 aliphatic heterocycles. The molecule has 0 spiro atoms. The van der Waals surface area contributed by atoms with Gasteiger partial charge in [0, 0.05) is 18.3 Å². The van der Waals surface area contributed by atoms with Gasteiger partial charge in [-0.3, -0.25) is 0 Å². The zero-order valence-electron chi connectivity index (χ0n) is 13.5. The molecule has 0 fully saturated rings. The molecule has 0 saturated heterocycles. The van der Waals surface area contributed by atoms with Crippen molar-refractivity contribution in [2.45, 2.75) is 39.5 Å². The number of hydrogen-bond donors (Lipinski definition) is 2. The molecule has 1 aromatic heterocycles. The highest BCUT2D eigenvalue weighted by molar-refractivity contribution is 5.64. The van der Waals surface area contributed by atoms with Crippen LogP contribution < -0.4 is 10.6 Å². The molecular formula is C17H24N4. The average molecular weight is 284 g/mol. The van der Waals surface area contributed by atoms with Crippen molar-refractivity contribution in [3.05, 3.63) is 41.7 Å². The maximum Gasteiger partial charge on any atom is 0.139 e. The van der Waals surface area contributed by atoms with Crippen molar-refractivity contribution in [3.63, 3.8) is 0 Å². The van der Waals surface area contributed by atoms with Gasteiger partial charge >= 0.3 is 0 Å². The molecule has 2 aromatic rings. The van der Waals surface area contributed by atoms with Crippen molar-refractivity contribution in [2.24, 2.45) is 0 Å². The van der Waals surface area contributed by atoms with Crippen molar-refractivity contribution in [1.29, 1.82) is 0 Å². The number of nitrogens with zero attached hydrogens (tertiary/aromatic N) is 2. The quantitative estimate of drug-likeness (QED) is 0.886. The fourth-order valence-corrected chi connectivity index (χ4v) is 2.26. The third-order valence-corrected chi connectivity index (χ3v) is 3.55. The summed E-state index contributed by atoms with van der Waals surface area (Å²) in [6.07, 6.45) is 2.45. The molecule has 1 heterocycles. The van der Waals surface area contributed by atoms with Crippen LogP contribution in [0.2, 0.25) is 0 Å². The maximum atomic E-state index is 4.36. The van der Waals surface area contributed by atoms with Gasteiger partial charge in [-0.2, -0.15) is 0 Å². The third kappa shape index (κ3) is 3.51. The Bertz CT molecular complexity index is 597. The standard InChI is InChI=1S/C17H24N4/c1-6-14-15(18-5)19-11-20-16(14)21-13-9-7-12(8-10-13)17(2,3)4/h7-11H,6H2,1-5H3,(H2,18,19,20,21). The first-order valence-corrected chi connectivity index (χ1v) is 7.35. The van der Waals surface area contributed by atoms with Crippen LogP contribution in [0.3, 0.4) is 0 Å². The molecule has 0 aliphatic carbocycles. The van der Waals surface area contributed by atoms with Crippen LogP contribution in [-0.4, -0.2) is 17.0 Å². The third-order valence-electron chi connectivity index (χ3n) is 3.55. The van der Waals surface area contributed by atoms with Crippen molar-refractivity contribution in [2.75, 3.05) is 17.7 Å². The minimum atomic E-state index is 0.168. The molecule has 0 bridgehead atoms. The number of rotatable bonds is 4. The van der Waals surface area contributed by atoms with Gasteiger partial charge in [0.15, 0.2) is 0 Å². The predicted molar refractivity (Wildman–Crippen MR) is 89.4 cm³/mol. The minimum Gasteiger partial charge on any atom is -0.373 e. The molecule has 2 N–H and O–H groups in total. The summed E-state index contributed by atoms with van der Waals surface area (Å²) in [7, 11) is 1.88. The molecular weight excluding hydrogens is 260 g/mol. The Labute approximate surface area is 127 Å². The summed E-state index contributed by atoms with van der Waals surface area (Å²) < 4.78 is 0. The minimum absolute atomic E-state index is 0.168. The van der Waals surface area contributed by atoms with E-state index in [1.807, 2.05) is 7.05 Å². The van der Waals surface area contributed by atoms with Gasteiger partial charge in [-0.05, 0) is 29.5 Å².